The first kappa shape index (κ1) is 45.6. The topological polar surface area (TPSA) is 168 Å². The second kappa shape index (κ2) is 29.2. The third kappa shape index (κ3) is 26.4. The number of halogens is 1. The van der Waals surface area contributed by atoms with Crippen LogP contribution in [0.1, 0.15) is 124 Å². The summed E-state index contributed by atoms with van der Waals surface area (Å²) in [6.07, 6.45) is 18.6. The number of carbonyl (C=O) groups excluding carboxylic acids is 2. The molecule has 1 rings (SSSR count). The maximum atomic E-state index is 13.6. The molecule has 0 saturated heterocycles. The van der Waals surface area contributed by atoms with Gasteiger partial charge in [0, 0.05) is 31.8 Å². The molecule has 1 aromatic heterocycles. The van der Waals surface area contributed by atoms with E-state index >= 15 is 0 Å². The van der Waals surface area contributed by atoms with Crippen molar-refractivity contribution < 1.29 is 46.9 Å². The zero-order valence-corrected chi connectivity index (χ0v) is 32.3. The number of esters is 1. The van der Waals surface area contributed by atoms with E-state index in [0.717, 1.165) is 12.8 Å². The Labute approximate surface area is 304 Å². The highest BCUT2D eigenvalue weighted by atomic mass is 35.5. The van der Waals surface area contributed by atoms with Gasteiger partial charge in [0.2, 0.25) is 18.6 Å². The average Bonchev–Trinajstić information content (AvgIpc) is 3.04. The Morgan fingerprint density at radius 2 is 1.44 bits per heavy atom. The van der Waals surface area contributed by atoms with Gasteiger partial charge in [0.05, 0.1) is 18.9 Å². The van der Waals surface area contributed by atoms with Crippen molar-refractivity contribution in [3.8, 4) is 5.88 Å². The van der Waals surface area contributed by atoms with E-state index in [4.69, 9.17) is 50.1 Å². The Bertz CT molecular complexity index is 1120. The maximum absolute atomic E-state index is 13.6. The molecule has 0 saturated carbocycles. The van der Waals surface area contributed by atoms with E-state index in [-0.39, 0.29) is 43.0 Å². The Kier molecular flexibility index (Phi) is 26.6. The Morgan fingerprint density at radius 3 is 2.02 bits per heavy atom. The number of aromatic nitrogens is 2. The van der Waals surface area contributed by atoms with Gasteiger partial charge < -0.3 is 33.9 Å². The molecule has 15 heteroatoms. The number of nitrogens with two attached hydrogens (primary N) is 1. The molecule has 1 unspecified atom stereocenters. The van der Waals surface area contributed by atoms with E-state index < -0.39 is 32.6 Å². The van der Waals surface area contributed by atoms with E-state index in [1.54, 1.807) is 13.8 Å². The minimum absolute atomic E-state index is 0.0782. The summed E-state index contributed by atoms with van der Waals surface area (Å²) in [5.74, 6) is -0.506. The number of unbranched alkanes of at least 4 members (excludes halogenated alkanes) is 13. The maximum Gasteiger partial charge on any atom is 0.510 e. The zero-order chi connectivity index (χ0) is 36.9. The van der Waals surface area contributed by atoms with Crippen molar-refractivity contribution in [1.29, 1.82) is 0 Å². The first-order valence-electron chi connectivity index (χ1n) is 18.1. The molecule has 1 atom stereocenters. The molecule has 0 spiro atoms. The number of allylic oxidation sites excluding steroid dienone is 1. The molecule has 2 N–H and O–H groups in total. The van der Waals surface area contributed by atoms with Gasteiger partial charge in [-0.05, 0) is 26.7 Å². The van der Waals surface area contributed by atoms with Crippen LogP contribution in [0.15, 0.2) is 17.7 Å². The number of carbonyl (C=O) groups is 2. The van der Waals surface area contributed by atoms with Gasteiger partial charge in [0.1, 0.15) is 18.4 Å². The second-order valence-electron chi connectivity index (χ2n) is 12.3. The van der Waals surface area contributed by atoms with E-state index in [2.05, 4.69) is 16.9 Å². The predicted molar refractivity (Wildman–Crippen MR) is 194 cm³/mol. The van der Waals surface area contributed by atoms with Crippen LogP contribution in [0.25, 0.3) is 0 Å². The summed E-state index contributed by atoms with van der Waals surface area (Å²) in [6, 6.07) is 1.37. The Morgan fingerprint density at radius 1 is 0.840 bits per heavy atom. The number of hydrogen-bond acceptors (Lipinski definition) is 13. The molecular formula is C35H61ClN3O10P. The zero-order valence-electron chi connectivity index (χ0n) is 30.7. The van der Waals surface area contributed by atoms with Gasteiger partial charge in [-0.3, -0.25) is 13.9 Å². The van der Waals surface area contributed by atoms with Crippen molar-refractivity contribution in [2.45, 2.75) is 130 Å². The summed E-state index contributed by atoms with van der Waals surface area (Å²) < 4.78 is 51.0. The average molecular weight is 750 g/mol. The lowest BCUT2D eigenvalue weighted by Crippen LogP contribution is -2.15. The standard InChI is InChI=1S/C35H61ClN3O10P/c1-5-6-7-8-9-10-11-12-13-14-15-16-17-18-21-43-22-19-23-47-50(42,48-28-46-35(41)49-29(2)3)24-20-31(26-44-30(4)40)27-45-33-25-32(36)38-34(37)39-33/h20,25,29H,5-19,21-24,26-28H2,1-4H3,(H2,37,38,39)/b31-20+. The van der Waals surface area contributed by atoms with Gasteiger partial charge in [-0.25, -0.2) is 9.78 Å². The lowest BCUT2D eigenvalue weighted by Gasteiger charge is -2.18. The monoisotopic (exact) mass is 749 g/mol. The van der Waals surface area contributed by atoms with Crippen LogP contribution in [0.5, 0.6) is 5.88 Å². The summed E-state index contributed by atoms with van der Waals surface area (Å²) in [5, 5.41) is 0.0869. The number of nitrogen functional groups attached to an aromatic ring is 1. The molecule has 1 aromatic rings. The van der Waals surface area contributed by atoms with Gasteiger partial charge in [0.15, 0.2) is 0 Å². The SMILES string of the molecule is CCCCCCCCCCCCCCCCOCCCOP(=O)(C/C=C(\COC(C)=O)COc1cc(Cl)nc(N)n1)OCOC(=O)OC(C)C. The summed E-state index contributed by atoms with van der Waals surface area (Å²) in [7, 11) is -3.84. The third-order valence-corrected chi connectivity index (χ3v) is 9.18. The van der Waals surface area contributed by atoms with Gasteiger partial charge in [-0.2, -0.15) is 4.98 Å². The van der Waals surface area contributed by atoms with Crippen LogP contribution < -0.4 is 10.5 Å². The number of nitrogens with zero attached hydrogens (tertiary/aromatic N) is 2. The van der Waals surface area contributed by atoms with Gasteiger partial charge in [-0.1, -0.05) is 108 Å². The lowest BCUT2D eigenvalue weighted by molar-refractivity contribution is -0.140. The molecular weight excluding hydrogens is 689 g/mol. The predicted octanol–water partition coefficient (Wildman–Crippen LogP) is 9.21. The highest BCUT2D eigenvalue weighted by molar-refractivity contribution is 7.54. The first-order valence-corrected chi connectivity index (χ1v) is 20.2. The van der Waals surface area contributed by atoms with Crippen molar-refractivity contribution in [2.24, 2.45) is 0 Å². The molecule has 1 heterocycles. The van der Waals surface area contributed by atoms with Crippen LogP contribution >= 0.6 is 19.2 Å². The molecule has 0 amide bonds. The number of rotatable bonds is 31. The van der Waals surface area contributed by atoms with E-state index in [9.17, 15) is 14.2 Å². The fourth-order valence-electron chi connectivity index (χ4n) is 4.64. The molecule has 288 valence electrons. The highest BCUT2D eigenvalue weighted by Crippen LogP contribution is 2.48. The van der Waals surface area contributed by atoms with E-state index in [1.807, 2.05) is 0 Å². The molecule has 0 aromatic carbocycles. The van der Waals surface area contributed by atoms with E-state index in [0.29, 0.717) is 25.2 Å². The first-order chi connectivity index (χ1) is 24.0. The second-order valence-corrected chi connectivity index (χ2v) is 14.8. The van der Waals surface area contributed by atoms with Crippen molar-refractivity contribution in [3.63, 3.8) is 0 Å². The van der Waals surface area contributed by atoms with Crippen molar-refractivity contribution >= 4 is 37.3 Å². The summed E-state index contributed by atoms with van der Waals surface area (Å²) >= 11 is 5.92. The van der Waals surface area contributed by atoms with Crippen molar-refractivity contribution in [1.82, 2.24) is 9.97 Å². The third-order valence-electron chi connectivity index (χ3n) is 7.28. The fraction of sp³-hybridized carbons (Fsp3) is 0.771. The van der Waals surface area contributed by atoms with Crippen LogP contribution in [0.2, 0.25) is 5.15 Å². The Hall–Kier alpha value is -2.44. The van der Waals surface area contributed by atoms with Crippen LogP contribution in [-0.2, 0) is 37.4 Å². The molecule has 0 aliphatic rings. The minimum atomic E-state index is -3.84. The van der Waals surface area contributed by atoms with Gasteiger partial charge in [0.25, 0.3) is 0 Å². The van der Waals surface area contributed by atoms with Crippen LogP contribution in [0.3, 0.4) is 0 Å². The normalized spacial score (nSPS) is 12.9. The van der Waals surface area contributed by atoms with Crippen LogP contribution in [0.4, 0.5) is 10.7 Å². The quantitative estimate of drug-likeness (QED) is 0.0191. The molecule has 0 aliphatic heterocycles. The molecule has 0 aliphatic carbocycles. The van der Waals surface area contributed by atoms with Gasteiger partial charge in [-0.15, -0.1) is 0 Å². The van der Waals surface area contributed by atoms with Gasteiger partial charge >= 0.3 is 19.7 Å². The lowest BCUT2D eigenvalue weighted by atomic mass is 10.0. The van der Waals surface area contributed by atoms with Crippen molar-refractivity contribution in [2.75, 3.05) is 51.7 Å². The fourth-order valence-corrected chi connectivity index (χ4v) is 6.21. The molecule has 0 fully saturated rings. The van der Waals surface area contributed by atoms with E-state index in [1.165, 1.54) is 96.1 Å². The number of hydrogen-bond donors (Lipinski definition) is 1. The molecule has 0 bridgehead atoms. The minimum Gasteiger partial charge on any atom is -0.473 e. The molecule has 50 heavy (non-hydrogen) atoms. The highest BCUT2D eigenvalue weighted by Gasteiger charge is 2.25. The molecule has 0 radical (unpaired) electrons. The largest absolute Gasteiger partial charge is 0.510 e. The Balaban J connectivity index is 2.47. The summed E-state index contributed by atoms with van der Waals surface area (Å²) in [6.45, 7) is 7.10. The smallest absolute Gasteiger partial charge is 0.473 e. The van der Waals surface area contributed by atoms with Crippen LogP contribution in [0, 0.1) is 0 Å². The number of anilines is 1. The molecule has 13 nitrogen and oxygen atoms in total. The summed E-state index contributed by atoms with van der Waals surface area (Å²) in [5.41, 5.74) is 6.05. The number of ether oxygens (including phenoxy) is 5. The van der Waals surface area contributed by atoms with Crippen LogP contribution in [-0.4, -0.2) is 74.2 Å². The summed E-state index contributed by atoms with van der Waals surface area (Å²) in [4.78, 5) is 31.0. The van der Waals surface area contributed by atoms with Crippen molar-refractivity contribution in [3.05, 3.63) is 22.9 Å².